The maximum absolute atomic E-state index is 12.0. The maximum atomic E-state index is 12.0. The van der Waals surface area contributed by atoms with E-state index >= 15 is 0 Å². The molecule has 18 heavy (non-hydrogen) atoms. The van der Waals surface area contributed by atoms with E-state index in [1.54, 1.807) is 6.92 Å². The number of carbonyl (C=O) groups excluding carboxylic acids is 2. The first kappa shape index (κ1) is 14.9. The van der Waals surface area contributed by atoms with Crippen molar-refractivity contribution in [1.82, 2.24) is 0 Å². The molecule has 0 amide bonds. The summed E-state index contributed by atoms with van der Waals surface area (Å²) in [5.41, 5.74) is 0.399. The van der Waals surface area contributed by atoms with Crippen molar-refractivity contribution >= 4 is 11.8 Å². The fraction of sp³-hybridized carbons (Fsp3) is 0.733. The highest BCUT2D eigenvalue weighted by atomic mass is 16.5. The van der Waals surface area contributed by atoms with Crippen LogP contribution in [0.2, 0.25) is 0 Å². The smallest absolute Gasteiger partial charge is 0.333 e. The van der Waals surface area contributed by atoms with E-state index in [2.05, 4.69) is 6.58 Å². The van der Waals surface area contributed by atoms with E-state index in [4.69, 9.17) is 4.74 Å². The fourth-order valence-electron chi connectivity index (χ4n) is 2.28. The van der Waals surface area contributed by atoms with Gasteiger partial charge in [-0.15, -0.1) is 0 Å². The SMILES string of the molecule is C=C(C)C(=O)OC(C)C(C)CC(=O)C1CCCC1. The van der Waals surface area contributed by atoms with Crippen LogP contribution in [0.5, 0.6) is 0 Å². The zero-order valence-corrected chi connectivity index (χ0v) is 11.7. The summed E-state index contributed by atoms with van der Waals surface area (Å²) in [4.78, 5) is 23.4. The number of Topliss-reactive ketones (excluding diaryl/α,β-unsaturated/α-hetero) is 1. The number of esters is 1. The number of carbonyl (C=O) groups is 2. The topological polar surface area (TPSA) is 43.4 Å². The molecule has 3 nitrogen and oxygen atoms in total. The minimum absolute atomic E-state index is 0.0707. The molecule has 0 aliphatic heterocycles. The van der Waals surface area contributed by atoms with Crippen LogP contribution < -0.4 is 0 Å². The van der Waals surface area contributed by atoms with Crippen LogP contribution in [0.4, 0.5) is 0 Å². The Labute approximate surface area is 110 Å². The van der Waals surface area contributed by atoms with Crippen molar-refractivity contribution in [3.05, 3.63) is 12.2 Å². The fourth-order valence-corrected chi connectivity index (χ4v) is 2.28. The van der Waals surface area contributed by atoms with Crippen LogP contribution in [0, 0.1) is 11.8 Å². The summed E-state index contributed by atoms with van der Waals surface area (Å²) in [5, 5.41) is 0. The maximum Gasteiger partial charge on any atom is 0.333 e. The molecule has 0 spiro atoms. The van der Waals surface area contributed by atoms with Gasteiger partial charge in [0, 0.05) is 17.9 Å². The number of hydrogen-bond donors (Lipinski definition) is 0. The number of ketones is 1. The van der Waals surface area contributed by atoms with Gasteiger partial charge in [-0.05, 0) is 32.6 Å². The summed E-state index contributed by atoms with van der Waals surface area (Å²) in [6.07, 6.45) is 4.68. The Hall–Kier alpha value is -1.12. The van der Waals surface area contributed by atoms with Crippen molar-refractivity contribution in [2.45, 2.75) is 59.0 Å². The largest absolute Gasteiger partial charge is 0.459 e. The molecule has 0 aromatic heterocycles. The molecule has 1 fully saturated rings. The van der Waals surface area contributed by atoms with Gasteiger partial charge >= 0.3 is 5.97 Å². The van der Waals surface area contributed by atoms with E-state index in [0.29, 0.717) is 17.8 Å². The van der Waals surface area contributed by atoms with Crippen molar-refractivity contribution in [1.29, 1.82) is 0 Å². The summed E-state index contributed by atoms with van der Waals surface area (Å²) >= 11 is 0. The molecular weight excluding hydrogens is 228 g/mol. The molecule has 0 saturated heterocycles. The normalized spacial score (nSPS) is 19.3. The highest BCUT2D eigenvalue weighted by Crippen LogP contribution is 2.28. The molecule has 1 rings (SSSR count). The van der Waals surface area contributed by atoms with Crippen LogP contribution in [-0.4, -0.2) is 17.9 Å². The average molecular weight is 252 g/mol. The van der Waals surface area contributed by atoms with Gasteiger partial charge in [0.05, 0.1) is 0 Å². The molecule has 0 N–H and O–H groups in total. The van der Waals surface area contributed by atoms with Gasteiger partial charge in [0.15, 0.2) is 0 Å². The first-order valence-electron chi connectivity index (χ1n) is 6.81. The predicted octanol–water partition coefficient (Wildman–Crippen LogP) is 3.28. The van der Waals surface area contributed by atoms with Gasteiger partial charge in [-0.3, -0.25) is 4.79 Å². The summed E-state index contributed by atoms with van der Waals surface area (Å²) < 4.78 is 5.25. The van der Waals surface area contributed by atoms with Crippen LogP contribution in [0.25, 0.3) is 0 Å². The van der Waals surface area contributed by atoms with Crippen LogP contribution in [-0.2, 0) is 14.3 Å². The third-order valence-electron chi connectivity index (χ3n) is 3.78. The molecule has 102 valence electrons. The summed E-state index contributed by atoms with van der Waals surface area (Å²) in [5.74, 6) is 0.277. The van der Waals surface area contributed by atoms with Gasteiger partial charge in [-0.25, -0.2) is 4.79 Å². The van der Waals surface area contributed by atoms with Gasteiger partial charge in [0.25, 0.3) is 0 Å². The molecule has 3 heteroatoms. The molecule has 0 aromatic carbocycles. The van der Waals surface area contributed by atoms with Crippen molar-refractivity contribution in [3.8, 4) is 0 Å². The summed E-state index contributed by atoms with van der Waals surface area (Å²) in [6.45, 7) is 8.98. The Morgan fingerprint density at radius 1 is 1.28 bits per heavy atom. The third-order valence-corrected chi connectivity index (χ3v) is 3.78. The number of ether oxygens (including phenoxy) is 1. The van der Waals surface area contributed by atoms with E-state index < -0.39 is 0 Å². The molecule has 0 radical (unpaired) electrons. The molecule has 0 heterocycles. The minimum Gasteiger partial charge on any atom is -0.459 e. The Balaban J connectivity index is 2.39. The molecule has 0 aromatic rings. The molecule has 1 saturated carbocycles. The lowest BCUT2D eigenvalue weighted by Gasteiger charge is -2.21. The summed E-state index contributed by atoms with van der Waals surface area (Å²) in [7, 11) is 0. The van der Waals surface area contributed by atoms with Crippen LogP contribution >= 0.6 is 0 Å². The second kappa shape index (κ2) is 6.72. The Morgan fingerprint density at radius 3 is 2.33 bits per heavy atom. The van der Waals surface area contributed by atoms with Crippen molar-refractivity contribution in [3.63, 3.8) is 0 Å². The minimum atomic E-state index is -0.373. The number of hydrogen-bond acceptors (Lipinski definition) is 3. The zero-order chi connectivity index (χ0) is 13.7. The zero-order valence-electron chi connectivity index (χ0n) is 11.7. The van der Waals surface area contributed by atoms with E-state index in [1.165, 1.54) is 12.8 Å². The Bertz CT molecular complexity index is 327. The highest BCUT2D eigenvalue weighted by molar-refractivity contribution is 5.87. The third kappa shape index (κ3) is 4.28. The first-order valence-corrected chi connectivity index (χ1v) is 6.81. The lowest BCUT2D eigenvalue weighted by atomic mass is 9.91. The lowest BCUT2D eigenvalue weighted by molar-refractivity contribution is -0.146. The van der Waals surface area contributed by atoms with Gasteiger partial charge in [-0.1, -0.05) is 26.3 Å². The van der Waals surface area contributed by atoms with Gasteiger partial charge in [-0.2, -0.15) is 0 Å². The number of rotatable bonds is 6. The van der Waals surface area contributed by atoms with Gasteiger partial charge in [0.1, 0.15) is 11.9 Å². The van der Waals surface area contributed by atoms with E-state index in [0.717, 1.165) is 12.8 Å². The lowest BCUT2D eigenvalue weighted by Crippen LogP contribution is -2.26. The molecule has 1 aliphatic rings. The second-order valence-electron chi connectivity index (χ2n) is 5.52. The molecule has 0 bridgehead atoms. The average Bonchev–Trinajstić information content (AvgIpc) is 2.81. The quantitative estimate of drug-likeness (QED) is 0.538. The molecule has 1 aliphatic carbocycles. The van der Waals surface area contributed by atoms with Crippen LogP contribution in [0.15, 0.2) is 12.2 Å². The van der Waals surface area contributed by atoms with Crippen molar-refractivity contribution < 1.29 is 14.3 Å². The van der Waals surface area contributed by atoms with Gasteiger partial charge < -0.3 is 4.74 Å². The first-order chi connectivity index (χ1) is 8.41. The van der Waals surface area contributed by atoms with Crippen LogP contribution in [0.1, 0.15) is 52.9 Å². The highest BCUT2D eigenvalue weighted by Gasteiger charge is 2.26. The van der Waals surface area contributed by atoms with Crippen molar-refractivity contribution in [2.24, 2.45) is 11.8 Å². The van der Waals surface area contributed by atoms with E-state index in [1.807, 2.05) is 13.8 Å². The standard InChI is InChI=1S/C15H24O3/c1-10(2)15(17)18-12(4)11(3)9-14(16)13-7-5-6-8-13/h11-13H,1,5-9H2,2-4H3. The van der Waals surface area contributed by atoms with Gasteiger partial charge in [0.2, 0.25) is 0 Å². The molecule has 2 unspecified atom stereocenters. The monoisotopic (exact) mass is 252 g/mol. The Morgan fingerprint density at radius 2 is 1.83 bits per heavy atom. The van der Waals surface area contributed by atoms with E-state index in [9.17, 15) is 9.59 Å². The second-order valence-corrected chi connectivity index (χ2v) is 5.52. The van der Waals surface area contributed by atoms with Crippen LogP contribution in [0.3, 0.4) is 0 Å². The van der Waals surface area contributed by atoms with Crippen molar-refractivity contribution in [2.75, 3.05) is 0 Å². The Kier molecular flexibility index (Phi) is 5.57. The van der Waals surface area contributed by atoms with E-state index in [-0.39, 0.29) is 23.9 Å². The summed E-state index contributed by atoms with van der Waals surface area (Å²) in [6, 6.07) is 0. The predicted molar refractivity (Wildman–Crippen MR) is 71.1 cm³/mol. The molecular formula is C15H24O3. The molecule has 2 atom stereocenters.